The van der Waals surface area contributed by atoms with Gasteiger partial charge < -0.3 is 19.6 Å². The molecule has 2 N–H and O–H groups in total. The van der Waals surface area contributed by atoms with E-state index in [1.54, 1.807) is 24.3 Å². The molecule has 124 valence electrons. The Hall–Kier alpha value is -1.60. The smallest absolute Gasteiger partial charge is 0.287 e. The van der Waals surface area contributed by atoms with Crippen molar-refractivity contribution < 1.29 is 19.1 Å². The van der Waals surface area contributed by atoms with E-state index in [-0.39, 0.29) is 18.2 Å². The number of benzene rings is 1. The molecule has 1 aliphatic heterocycles. The summed E-state index contributed by atoms with van der Waals surface area (Å²) in [5.74, 6) is -0.140. The number of aliphatic hydroxyl groups excluding tert-OH is 1. The Balaban J connectivity index is 1.53. The number of β-amino-alcohol motifs (C(OH)–C–C–N with tert-alkyl or cyclic N) is 1. The predicted octanol–water partition coefficient (Wildman–Crippen LogP) is 1.51. The van der Waals surface area contributed by atoms with Crippen LogP contribution in [0.25, 0.3) is 11.0 Å². The van der Waals surface area contributed by atoms with Crippen molar-refractivity contribution in [1.29, 1.82) is 0 Å². The molecule has 0 aliphatic carbocycles. The van der Waals surface area contributed by atoms with Gasteiger partial charge in [0.15, 0.2) is 5.76 Å². The molecule has 3 rings (SSSR count). The lowest BCUT2D eigenvalue weighted by atomic mass is 10.2. The summed E-state index contributed by atoms with van der Waals surface area (Å²) in [6.45, 7) is 3.65. The fourth-order valence-corrected chi connectivity index (χ4v) is 2.75. The van der Waals surface area contributed by atoms with Crippen molar-refractivity contribution >= 4 is 28.5 Å². The molecule has 1 aromatic heterocycles. The standard InChI is InChI=1S/C16H19ClN2O4/c17-12-1-2-14-11(7-12)8-15(23-14)16(21)18-9-13(20)10-19-3-5-22-6-4-19/h1-2,7-8,13,20H,3-6,9-10H2,(H,18,21). The molecule has 1 atom stereocenters. The predicted molar refractivity (Wildman–Crippen MR) is 86.8 cm³/mol. The number of morpholine rings is 1. The molecule has 1 aliphatic rings. The molecule has 6 nitrogen and oxygen atoms in total. The minimum Gasteiger partial charge on any atom is -0.451 e. The van der Waals surface area contributed by atoms with E-state index >= 15 is 0 Å². The van der Waals surface area contributed by atoms with E-state index in [1.165, 1.54) is 0 Å². The van der Waals surface area contributed by atoms with Crippen molar-refractivity contribution in [3.63, 3.8) is 0 Å². The molecule has 7 heteroatoms. The fraction of sp³-hybridized carbons (Fsp3) is 0.438. The van der Waals surface area contributed by atoms with E-state index in [2.05, 4.69) is 10.2 Å². The number of amides is 1. The van der Waals surface area contributed by atoms with Crippen molar-refractivity contribution in [2.45, 2.75) is 6.10 Å². The van der Waals surface area contributed by atoms with Crippen LogP contribution in [0.1, 0.15) is 10.6 Å². The second-order valence-electron chi connectivity index (χ2n) is 5.57. The van der Waals surface area contributed by atoms with Gasteiger partial charge in [0, 0.05) is 36.6 Å². The Morgan fingerprint density at radius 3 is 2.91 bits per heavy atom. The minimum absolute atomic E-state index is 0.175. The number of carbonyl (C=O) groups is 1. The van der Waals surface area contributed by atoms with Crippen LogP contribution >= 0.6 is 11.6 Å². The number of fused-ring (bicyclic) bond motifs is 1. The van der Waals surface area contributed by atoms with Crippen LogP contribution < -0.4 is 5.32 Å². The third-order valence-corrected chi connectivity index (χ3v) is 4.01. The third kappa shape index (κ3) is 4.23. The lowest BCUT2D eigenvalue weighted by molar-refractivity contribution is 0.0148. The number of hydrogen-bond donors (Lipinski definition) is 2. The van der Waals surface area contributed by atoms with E-state index in [1.807, 2.05) is 0 Å². The summed E-state index contributed by atoms with van der Waals surface area (Å²) in [5.41, 5.74) is 0.605. The van der Waals surface area contributed by atoms with E-state index in [0.29, 0.717) is 30.4 Å². The molecule has 1 aromatic carbocycles. The highest BCUT2D eigenvalue weighted by molar-refractivity contribution is 6.31. The van der Waals surface area contributed by atoms with Gasteiger partial charge in [0.1, 0.15) is 5.58 Å². The molecule has 0 spiro atoms. The molecule has 0 radical (unpaired) electrons. The maximum atomic E-state index is 12.1. The van der Waals surface area contributed by atoms with Crippen LogP contribution in [0.3, 0.4) is 0 Å². The molecule has 1 unspecified atom stereocenters. The Morgan fingerprint density at radius 2 is 2.13 bits per heavy atom. The SMILES string of the molecule is O=C(NCC(O)CN1CCOCC1)c1cc2cc(Cl)ccc2o1. The summed E-state index contributed by atoms with van der Waals surface area (Å²) in [4.78, 5) is 14.2. The number of nitrogens with zero attached hydrogens (tertiary/aromatic N) is 1. The number of ether oxygens (including phenoxy) is 1. The quantitative estimate of drug-likeness (QED) is 0.864. The van der Waals surface area contributed by atoms with Gasteiger partial charge in [-0.1, -0.05) is 11.6 Å². The molecule has 0 bridgehead atoms. The van der Waals surface area contributed by atoms with Crippen molar-refractivity contribution in [1.82, 2.24) is 10.2 Å². The van der Waals surface area contributed by atoms with Crippen molar-refractivity contribution in [3.05, 3.63) is 35.0 Å². The van der Waals surface area contributed by atoms with Crippen molar-refractivity contribution in [2.75, 3.05) is 39.4 Å². The first-order valence-electron chi connectivity index (χ1n) is 7.57. The number of carbonyl (C=O) groups excluding carboxylic acids is 1. The van der Waals surface area contributed by atoms with Crippen LogP contribution in [0.15, 0.2) is 28.7 Å². The maximum Gasteiger partial charge on any atom is 0.287 e. The normalized spacial score (nSPS) is 17.3. The Morgan fingerprint density at radius 1 is 1.35 bits per heavy atom. The highest BCUT2D eigenvalue weighted by atomic mass is 35.5. The van der Waals surface area contributed by atoms with Gasteiger partial charge in [-0.2, -0.15) is 0 Å². The van der Waals surface area contributed by atoms with Gasteiger partial charge in [0.25, 0.3) is 5.91 Å². The Bertz CT molecular complexity index is 682. The van der Waals surface area contributed by atoms with E-state index < -0.39 is 6.10 Å². The van der Waals surface area contributed by atoms with Crippen LogP contribution in [-0.2, 0) is 4.74 Å². The van der Waals surface area contributed by atoms with Crippen LogP contribution in [0, 0.1) is 0 Å². The molecule has 0 saturated carbocycles. The molecular formula is C16H19ClN2O4. The average molecular weight is 339 g/mol. The van der Waals surface area contributed by atoms with Crippen LogP contribution in [0.4, 0.5) is 0 Å². The zero-order valence-electron chi connectivity index (χ0n) is 12.6. The number of furan rings is 1. The zero-order valence-corrected chi connectivity index (χ0v) is 13.4. The van der Waals surface area contributed by atoms with Crippen LogP contribution in [0.5, 0.6) is 0 Å². The van der Waals surface area contributed by atoms with Gasteiger partial charge >= 0.3 is 0 Å². The fourth-order valence-electron chi connectivity index (χ4n) is 2.57. The first-order valence-corrected chi connectivity index (χ1v) is 7.95. The topological polar surface area (TPSA) is 74.9 Å². The Labute approximate surface area is 139 Å². The van der Waals surface area contributed by atoms with Crippen LogP contribution in [-0.4, -0.2) is 61.4 Å². The van der Waals surface area contributed by atoms with Gasteiger partial charge in [0.2, 0.25) is 0 Å². The van der Waals surface area contributed by atoms with E-state index in [0.717, 1.165) is 18.5 Å². The molecule has 2 heterocycles. The van der Waals surface area contributed by atoms with Gasteiger partial charge in [-0.15, -0.1) is 0 Å². The first-order chi connectivity index (χ1) is 11.1. The second kappa shape index (κ2) is 7.31. The first kappa shape index (κ1) is 16.3. The summed E-state index contributed by atoms with van der Waals surface area (Å²) >= 11 is 5.91. The summed E-state index contributed by atoms with van der Waals surface area (Å²) in [6.07, 6.45) is -0.629. The molecule has 23 heavy (non-hydrogen) atoms. The maximum absolute atomic E-state index is 12.1. The molecule has 2 aromatic rings. The largest absolute Gasteiger partial charge is 0.451 e. The monoisotopic (exact) mass is 338 g/mol. The highest BCUT2D eigenvalue weighted by Crippen LogP contribution is 2.22. The minimum atomic E-state index is -0.629. The summed E-state index contributed by atoms with van der Waals surface area (Å²) in [6, 6.07) is 6.82. The number of halogens is 1. The average Bonchev–Trinajstić information content (AvgIpc) is 2.96. The summed E-state index contributed by atoms with van der Waals surface area (Å²) in [5, 5.41) is 14.1. The number of rotatable bonds is 5. The van der Waals surface area contributed by atoms with Gasteiger partial charge in [-0.05, 0) is 24.3 Å². The Kier molecular flexibility index (Phi) is 5.17. The van der Waals surface area contributed by atoms with Crippen molar-refractivity contribution in [3.8, 4) is 0 Å². The number of nitrogens with one attached hydrogen (secondary N) is 1. The third-order valence-electron chi connectivity index (χ3n) is 3.77. The molecule has 1 saturated heterocycles. The molecular weight excluding hydrogens is 320 g/mol. The number of hydrogen-bond acceptors (Lipinski definition) is 5. The van der Waals surface area contributed by atoms with Gasteiger partial charge in [-0.25, -0.2) is 0 Å². The second-order valence-corrected chi connectivity index (χ2v) is 6.01. The molecule has 1 fully saturated rings. The lowest BCUT2D eigenvalue weighted by Crippen LogP contribution is -2.44. The molecule has 1 amide bonds. The number of aliphatic hydroxyl groups is 1. The zero-order chi connectivity index (χ0) is 16.2. The van der Waals surface area contributed by atoms with E-state index in [4.69, 9.17) is 20.8 Å². The van der Waals surface area contributed by atoms with E-state index in [9.17, 15) is 9.90 Å². The highest BCUT2D eigenvalue weighted by Gasteiger charge is 2.17. The van der Waals surface area contributed by atoms with Crippen LogP contribution in [0.2, 0.25) is 5.02 Å². The summed E-state index contributed by atoms with van der Waals surface area (Å²) in [7, 11) is 0. The lowest BCUT2D eigenvalue weighted by Gasteiger charge is -2.28. The van der Waals surface area contributed by atoms with Crippen molar-refractivity contribution in [2.24, 2.45) is 0 Å². The van der Waals surface area contributed by atoms with Gasteiger partial charge in [-0.3, -0.25) is 9.69 Å². The summed E-state index contributed by atoms with van der Waals surface area (Å²) < 4.78 is 10.7. The van der Waals surface area contributed by atoms with Gasteiger partial charge in [0.05, 0.1) is 19.3 Å².